The molecule has 0 aliphatic heterocycles. The van der Waals surface area contributed by atoms with Crippen molar-refractivity contribution in [3.63, 3.8) is 0 Å². The van der Waals surface area contributed by atoms with Gasteiger partial charge in [0, 0.05) is 0 Å². The Morgan fingerprint density at radius 1 is 1.35 bits per heavy atom. The maximum absolute atomic E-state index is 12.8. The van der Waals surface area contributed by atoms with E-state index in [1.807, 2.05) is 0 Å². The first-order valence-electron chi connectivity index (χ1n) is 7.11. The molecule has 0 aromatic heterocycles. The van der Waals surface area contributed by atoms with Gasteiger partial charge in [0.15, 0.2) is 15.8 Å². The second-order valence-corrected chi connectivity index (χ2v) is 8.54. The van der Waals surface area contributed by atoms with Crippen LogP contribution in [0.25, 0.3) is 5.53 Å². The highest BCUT2D eigenvalue weighted by molar-refractivity contribution is 8.08. The monoisotopic (exact) mass is 358 g/mol. The van der Waals surface area contributed by atoms with E-state index in [1.165, 1.54) is 25.3 Å². The van der Waals surface area contributed by atoms with Crippen molar-refractivity contribution in [1.82, 2.24) is 0 Å². The smallest absolute Gasteiger partial charge is 0.406 e. The van der Waals surface area contributed by atoms with Gasteiger partial charge in [-0.3, -0.25) is 0 Å². The SMILES string of the molecule is COc1cccc(S(=O)(=O)C(=[N+]=[N-])C2(S(=O)O)CCCCC2)c1. The highest BCUT2D eigenvalue weighted by Gasteiger charge is 2.55. The van der Waals surface area contributed by atoms with Gasteiger partial charge in [0.2, 0.25) is 0 Å². The molecule has 1 aliphatic carbocycles. The number of methoxy groups -OCH3 is 1. The average molecular weight is 358 g/mol. The summed E-state index contributed by atoms with van der Waals surface area (Å²) in [4.78, 5) is 2.80. The van der Waals surface area contributed by atoms with Crippen LogP contribution in [-0.2, 0) is 20.9 Å². The quantitative estimate of drug-likeness (QED) is 0.290. The summed E-state index contributed by atoms with van der Waals surface area (Å²) in [7, 11) is -2.82. The lowest BCUT2D eigenvalue weighted by molar-refractivity contribution is -0.00757. The summed E-state index contributed by atoms with van der Waals surface area (Å²) in [5.74, 6) is 0.325. The summed E-state index contributed by atoms with van der Waals surface area (Å²) in [6.45, 7) is 0. The molecule has 1 fully saturated rings. The van der Waals surface area contributed by atoms with Crippen LogP contribution in [0.3, 0.4) is 0 Å². The van der Waals surface area contributed by atoms with Crippen molar-refractivity contribution in [2.75, 3.05) is 7.11 Å². The normalized spacial score (nSPS) is 18.7. The molecule has 0 spiro atoms. The minimum Gasteiger partial charge on any atom is -0.497 e. The summed E-state index contributed by atoms with van der Waals surface area (Å²) in [5, 5.41) is -0.654. The Kier molecular flexibility index (Phi) is 5.36. The summed E-state index contributed by atoms with van der Waals surface area (Å²) in [5.41, 5.74) is 9.35. The summed E-state index contributed by atoms with van der Waals surface area (Å²) < 4.78 is 50.8. The molecule has 9 heteroatoms. The van der Waals surface area contributed by atoms with E-state index < -0.39 is 30.7 Å². The molecule has 1 aromatic rings. The van der Waals surface area contributed by atoms with E-state index in [4.69, 9.17) is 4.74 Å². The zero-order valence-electron chi connectivity index (χ0n) is 12.6. The van der Waals surface area contributed by atoms with Crippen LogP contribution in [0.1, 0.15) is 32.1 Å². The maximum Gasteiger partial charge on any atom is 0.406 e. The average Bonchev–Trinajstić information content (AvgIpc) is 2.56. The van der Waals surface area contributed by atoms with E-state index in [1.54, 1.807) is 6.07 Å². The molecule has 0 bridgehead atoms. The molecule has 0 amide bonds. The standard InChI is InChI=1S/C14H18N2O5S2/c1-21-11-6-5-7-12(10-11)23(19,20)13(16-15)14(22(17)18)8-3-2-4-9-14/h5-7,10H,2-4,8-9H2,1H3,(H,17,18). The third-order valence-electron chi connectivity index (χ3n) is 4.08. The Labute approximate surface area is 137 Å². The lowest BCUT2D eigenvalue weighted by atomic mass is 9.89. The molecule has 0 saturated heterocycles. The number of sulfone groups is 1. The molecule has 1 saturated carbocycles. The summed E-state index contributed by atoms with van der Waals surface area (Å²) in [6, 6.07) is 5.69. The summed E-state index contributed by atoms with van der Waals surface area (Å²) in [6.07, 6.45) is 2.40. The van der Waals surface area contributed by atoms with Crippen molar-refractivity contribution in [3.05, 3.63) is 29.8 Å². The predicted octanol–water partition coefficient (Wildman–Crippen LogP) is 2.02. The highest BCUT2D eigenvalue weighted by atomic mass is 32.2. The van der Waals surface area contributed by atoms with Crippen molar-refractivity contribution in [3.8, 4) is 5.75 Å². The molecule has 1 N–H and O–H groups in total. The fourth-order valence-corrected chi connectivity index (χ4v) is 5.78. The first kappa shape index (κ1) is 17.8. The Hall–Kier alpha value is -1.54. The van der Waals surface area contributed by atoms with Crippen LogP contribution in [0.5, 0.6) is 5.75 Å². The first-order chi connectivity index (χ1) is 10.9. The number of nitrogens with zero attached hydrogens (tertiary/aromatic N) is 2. The number of ether oxygens (including phenoxy) is 1. The van der Waals surface area contributed by atoms with E-state index in [0.717, 1.165) is 6.42 Å². The molecule has 0 radical (unpaired) electrons. The van der Waals surface area contributed by atoms with Crippen LogP contribution < -0.4 is 4.74 Å². The number of hydrogen-bond donors (Lipinski definition) is 1. The Balaban J connectivity index is 2.58. The molecule has 1 aromatic carbocycles. The zero-order valence-corrected chi connectivity index (χ0v) is 14.3. The van der Waals surface area contributed by atoms with E-state index >= 15 is 0 Å². The van der Waals surface area contributed by atoms with Gasteiger partial charge in [-0.15, -0.1) is 0 Å². The fourth-order valence-electron chi connectivity index (χ4n) is 2.86. The van der Waals surface area contributed by atoms with E-state index in [-0.39, 0.29) is 17.7 Å². The second-order valence-electron chi connectivity index (χ2n) is 5.39. The molecular weight excluding hydrogens is 340 g/mol. The number of benzene rings is 1. The van der Waals surface area contributed by atoms with E-state index in [2.05, 4.69) is 4.79 Å². The van der Waals surface area contributed by atoms with Gasteiger partial charge in [0.1, 0.15) is 5.75 Å². The molecule has 7 nitrogen and oxygen atoms in total. The summed E-state index contributed by atoms with van der Waals surface area (Å²) >= 11 is -2.47. The lowest BCUT2D eigenvalue weighted by Gasteiger charge is -2.29. The molecule has 126 valence electrons. The van der Waals surface area contributed by atoms with Crippen LogP contribution >= 0.6 is 0 Å². The van der Waals surface area contributed by atoms with Gasteiger partial charge < -0.3 is 14.8 Å². The first-order valence-corrected chi connectivity index (χ1v) is 9.70. The van der Waals surface area contributed by atoms with Crippen LogP contribution in [0, 0.1) is 0 Å². The largest absolute Gasteiger partial charge is 0.497 e. The lowest BCUT2D eigenvalue weighted by Crippen LogP contribution is -2.48. The van der Waals surface area contributed by atoms with Crippen molar-refractivity contribution >= 4 is 26.0 Å². The van der Waals surface area contributed by atoms with Gasteiger partial charge in [-0.2, -0.15) is 4.79 Å². The Morgan fingerprint density at radius 2 is 2.00 bits per heavy atom. The molecule has 1 atom stereocenters. The van der Waals surface area contributed by atoms with Crippen molar-refractivity contribution < 1.29 is 26.7 Å². The molecular formula is C14H18N2O5S2. The zero-order chi connectivity index (χ0) is 17.1. The van der Waals surface area contributed by atoms with E-state index in [9.17, 15) is 22.7 Å². The molecule has 1 aliphatic rings. The van der Waals surface area contributed by atoms with Crippen molar-refractivity contribution in [2.45, 2.75) is 41.7 Å². The van der Waals surface area contributed by atoms with Crippen molar-refractivity contribution in [2.24, 2.45) is 0 Å². The van der Waals surface area contributed by atoms with Crippen LogP contribution in [0.2, 0.25) is 0 Å². The Morgan fingerprint density at radius 3 is 2.52 bits per heavy atom. The molecule has 0 heterocycles. The minimum atomic E-state index is -4.22. The fraction of sp³-hybridized carbons (Fsp3) is 0.500. The van der Waals surface area contributed by atoms with Gasteiger partial charge in [-0.1, -0.05) is 25.3 Å². The number of hydrogen-bond acceptors (Lipinski definition) is 4. The van der Waals surface area contributed by atoms with Crippen LogP contribution in [0.15, 0.2) is 29.2 Å². The van der Waals surface area contributed by atoms with Crippen LogP contribution in [-0.4, -0.2) is 38.9 Å². The second kappa shape index (κ2) is 6.92. The van der Waals surface area contributed by atoms with Gasteiger partial charge in [-0.05, 0) is 31.0 Å². The highest BCUT2D eigenvalue weighted by Crippen LogP contribution is 2.37. The topological polar surface area (TPSA) is 117 Å². The molecule has 2 rings (SSSR count). The van der Waals surface area contributed by atoms with Gasteiger partial charge in [-0.25, -0.2) is 12.6 Å². The third-order valence-corrected chi connectivity index (χ3v) is 7.34. The maximum atomic E-state index is 12.8. The van der Waals surface area contributed by atoms with Crippen molar-refractivity contribution in [1.29, 1.82) is 0 Å². The molecule has 23 heavy (non-hydrogen) atoms. The van der Waals surface area contributed by atoms with E-state index in [0.29, 0.717) is 18.6 Å². The Bertz CT molecular complexity index is 763. The predicted molar refractivity (Wildman–Crippen MR) is 85.4 cm³/mol. The van der Waals surface area contributed by atoms with Gasteiger partial charge in [0.25, 0.3) is 9.84 Å². The van der Waals surface area contributed by atoms with Gasteiger partial charge in [0.05, 0.1) is 12.0 Å². The minimum absolute atomic E-state index is 0.139. The number of rotatable bonds is 4. The molecule has 1 unspecified atom stereocenters. The van der Waals surface area contributed by atoms with Gasteiger partial charge >= 0.3 is 5.04 Å². The van der Waals surface area contributed by atoms with Crippen LogP contribution in [0.4, 0.5) is 0 Å². The third kappa shape index (κ3) is 3.23.